The van der Waals surface area contributed by atoms with E-state index in [1.54, 1.807) is 31.2 Å². The zero-order chi connectivity index (χ0) is 21.6. The zero-order valence-electron chi connectivity index (χ0n) is 16.4. The van der Waals surface area contributed by atoms with E-state index in [2.05, 4.69) is 5.32 Å². The summed E-state index contributed by atoms with van der Waals surface area (Å²) in [5.41, 5.74) is 5.37. The number of aryl methyl sites for hydroxylation is 1. The van der Waals surface area contributed by atoms with Gasteiger partial charge < -0.3 is 19.6 Å². The maximum absolute atomic E-state index is 12.2. The third kappa shape index (κ3) is 5.22. The molecule has 1 heterocycles. The molecule has 0 saturated carbocycles. The fraction of sp³-hybridized carbons (Fsp3) is 0.300. The van der Waals surface area contributed by atoms with Gasteiger partial charge in [-0.3, -0.25) is 19.7 Å². The van der Waals surface area contributed by atoms with Crippen LogP contribution in [-0.2, 0) is 9.53 Å². The maximum atomic E-state index is 12.2. The number of hydrogen-bond acceptors (Lipinski definition) is 7. The van der Waals surface area contributed by atoms with Gasteiger partial charge in [-0.05, 0) is 38.1 Å². The smallest absolute Gasteiger partial charge is 0.342 e. The van der Waals surface area contributed by atoms with Gasteiger partial charge in [0.25, 0.3) is 5.91 Å². The Bertz CT molecular complexity index is 929. The molecule has 0 unspecified atom stereocenters. The number of nitrogens with two attached hydrogens (primary N) is 1. The molecule has 1 aromatic carbocycles. The van der Waals surface area contributed by atoms with E-state index in [-0.39, 0.29) is 48.0 Å². The van der Waals surface area contributed by atoms with Crippen LogP contribution in [-0.4, -0.2) is 37.3 Å². The molecular weight excluding hydrogens is 380 g/mol. The summed E-state index contributed by atoms with van der Waals surface area (Å²) in [6, 6.07) is 6.50. The first kappa shape index (κ1) is 21.7. The first-order chi connectivity index (χ1) is 13.8. The molecule has 0 aliphatic carbocycles. The van der Waals surface area contributed by atoms with Gasteiger partial charge in [-0.2, -0.15) is 0 Å². The van der Waals surface area contributed by atoms with Gasteiger partial charge in [0.15, 0.2) is 5.78 Å². The Kier molecular flexibility index (Phi) is 7.13. The molecule has 154 valence electrons. The molecule has 2 amide bonds. The summed E-state index contributed by atoms with van der Waals surface area (Å²) < 4.78 is 15.3. The lowest BCUT2D eigenvalue weighted by atomic mass is 10.1. The van der Waals surface area contributed by atoms with Crippen molar-refractivity contribution in [3.63, 3.8) is 0 Å². The summed E-state index contributed by atoms with van der Waals surface area (Å²) in [5.74, 6) is -2.09. The highest BCUT2D eigenvalue weighted by Crippen LogP contribution is 2.28. The molecule has 1 aromatic heterocycles. The number of anilines is 1. The van der Waals surface area contributed by atoms with Crippen molar-refractivity contribution < 1.29 is 33.1 Å². The average molecular weight is 402 g/mol. The first-order valence-corrected chi connectivity index (χ1v) is 8.85. The molecule has 3 N–H and O–H groups in total. The van der Waals surface area contributed by atoms with Gasteiger partial charge in [-0.15, -0.1) is 0 Å². The van der Waals surface area contributed by atoms with Crippen LogP contribution in [0, 0.1) is 6.92 Å². The number of carbonyl (C=O) groups excluding carboxylic acids is 4. The monoisotopic (exact) mass is 402 g/mol. The molecule has 0 atom stereocenters. The minimum Gasteiger partial charge on any atom is -0.497 e. The number of benzene rings is 1. The number of Topliss-reactive ketones (excluding diaryl/α,β-unsaturated/α-hetero) is 1. The van der Waals surface area contributed by atoms with E-state index in [1.165, 1.54) is 14.0 Å². The molecule has 2 aromatic rings. The van der Waals surface area contributed by atoms with E-state index >= 15 is 0 Å². The molecule has 0 saturated heterocycles. The number of esters is 1. The van der Waals surface area contributed by atoms with Crippen LogP contribution in [0.5, 0.6) is 5.75 Å². The second-order valence-corrected chi connectivity index (χ2v) is 6.02. The fourth-order valence-corrected chi connectivity index (χ4v) is 2.65. The van der Waals surface area contributed by atoms with Crippen LogP contribution in [0.3, 0.4) is 0 Å². The molecule has 9 heteroatoms. The minimum absolute atomic E-state index is 0.0610. The molecule has 9 nitrogen and oxygen atoms in total. The number of amides is 2. The predicted molar refractivity (Wildman–Crippen MR) is 103 cm³/mol. The number of ether oxygens (including phenoxy) is 2. The van der Waals surface area contributed by atoms with Crippen LogP contribution < -0.4 is 15.8 Å². The summed E-state index contributed by atoms with van der Waals surface area (Å²) in [7, 11) is 1.52. The topological polar surface area (TPSA) is 138 Å². The summed E-state index contributed by atoms with van der Waals surface area (Å²) >= 11 is 0. The Morgan fingerprint density at radius 3 is 2.28 bits per heavy atom. The van der Waals surface area contributed by atoms with Gasteiger partial charge in [0.2, 0.25) is 11.8 Å². The Balaban J connectivity index is 2.08. The fourth-order valence-electron chi connectivity index (χ4n) is 2.65. The quantitative estimate of drug-likeness (QED) is 0.485. The van der Waals surface area contributed by atoms with Crippen molar-refractivity contribution in [3.05, 3.63) is 46.7 Å². The van der Waals surface area contributed by atoms with E-state index in [1.807, 2.05) is 0 Å². The van der Waals surface area contributed by atoms with Gasteiger partial charge >= 0.3 is 5.97 Å². The SMILES string of the molecule is CCOC(=O)c1c(C)oc(NC(=O)CCC(=O)c2ccc(OC)cc2)c1C(N)=O. The summed E-state index contributed by atoms with van der Waals surface area (Å²) in [6.45, 7) is 3.15. The number of primary amides is 1. The van der Waals surface area contributed by atoms with E-state index in [0.29, 0.717) is 11.3 Å². The molecule has 0 radical (unpaired) electrons. The number of nitrogens with one attached hydrogen (secondary N) is 1. The molecule has 0 spiro atoms. The second kappa shape index (κ2) is 9.54. The van der Waals surface area contributed by atoms with Crippen molar-refractivity contribution in [3.8, 4) is 5.75 Å². The number of furan rings is 1. The number of hydrogen-bond donors (Lipinski definition) is 2. The predicted octanol–water partition coefficient (Wildman–Crippen LogP) is 2.47. The summed E-state index contributed by atoms with van der Waals surface area (Å²) in [4.78, 5) is 48.3. The van der Waals surface area contributed by atoms with Crippen LogP contribution >= 0.6 is 0 Å². The van der Waals surface area contributed by atoms with E-state index in [0.717, 1.165) is 0 Å². The third-order valence-corrected chi connectivity index (χ3v) is 4.05. The number of rotatable bonds is 9. The lowest BCUT2D eigenvalue weighted by molar-refractivity contribution is -0.116. The molecule has 0 aliphatic rings. The van der Waals surface area contributed by atoms with E-state index in [9.17, 15) is 19.2 Å². The minimum atomic E-state index is -0.950. The molecular formula is C20H22N2O7. The second-order valence-electron chi connectivity index (χ2n) is 6.02. The van der Waals surface area contributed by atoms with Crippen LogP contribution in [0.15, 0.2) is 28.7 Å². The Morgan fingerprint density at radius 1 is 1.07 bits per heavy atom. The molecule has 0 fully saturated rings. The summed E-state index contributed by atoms with van der Waals surface area (Å²) in [6.07, 6.45) is -0.216. The van der Waals surface area contributed by atoms with Gasteiger partial charge in [0, 0.05) is 18.4 Å². The lowest BCUT2D eigenvalue weighted by Gasteiger charge is -2.05. The number of methoxy groups -OCH3 is 1. The molecule has 0 aliphatic heterocycles. The van der Waals surface area contributed by atoms with Crippen molar-refractivity contribution in [1.82, 2.24) is 0 Å². The number of carbonyl (C=O) groups is 4. The van der Waals surface area contributed by atoms with Crippen molar-refractivity contribution in [1.29, 1.82) is 0 Å². The van der Waals surface area contributed by atoms with Crippen LogP contribution in [0.25, 0.3) is 0 Å². The van der Waals surface area contributed by atoms with Crippen LogP contribution in [0.2, 0.25) is 0 Å². The molecule has 29 heavy (non-hydrogen) atoms. The zero-order valence-corrected chi connectivity index (χ0v) is 16.4. The molecule has 0 bridgehead atoms. The number of ketones is 1. The highest BCUT2D eigenvalue weighted by atomic mass is 16.5. The normalized spacial score (nSPS) is 10.3. The third-order valence-electron chi connectivity index (χ3n) is 4.05. The Labute approximate surface area is 167 Å². The highest BCUT2D eigenvalue weighted by molar-refractivity contribution is 6.10. The van der Waals surface area contributed by atoms with Crippen molar-refractivity contribution in [2.24, 2.45) is 5.73 Å². The van der Waals surface area contributed by atoms with Crippen LogP contribution in [0.4, 0.5) is 5.88 Å². The van der Waals surface area contributed by atoms with Crippen LogP contribution in [0.1, 0.15) is 56.6 Å². The average Bonchev–Trinajstić information content (AvgIpc) is 3.02. The van der Waals surface area contributed by atoms with E-state index in [4.69, 9.17) is 19.6 Å². The van der Waals surface area contributed by atoms with Crippen molar-refractivity contribution >= 4 is 29.5 Å². The van der Waals surface area contributed by atoms with E-state index < -0.39 is 17.8 Å². The Morgan fingerprint density at radius 2 is 1.72 bits per heavy atom. The van der Waals surface area contributed by atoms with Crippen molar-refractivity contribution in [2.75, 3.05) is 19.0 Å². The first-order valence-electron chi connectivity index (χ1n) is 8.85. The van der Waals surface area contributed by atoms with Crippen molar-refractivity contribution in [2.45, 2.75) is 26.7 Å². The summed E-state index contributed by atoms with van der Waals surface area (Å²) in [5, 5.41) is 2.39. The lowest BCUT2D eigenvalue weighted by Crippen LogP contribution is -2.20. The Hall–Kier alpha value is -3.62. The van der Waals surface area contributed by atoms with Gasteiger partial charge in [-0.1, -0.05) is 0 Å². The highest BCUT2D eigenvalue weighted by Gasteiger charge is 2.29. The largest absolute Gasteiger partial charge is 0.497 e. The van der Waals surface area contributed by atoms with Gasteiger partial charge in [0.1, 0.15) is 22.6 Å². The maximum Gasteiger partial charge on any atom is 0.342 e. The standard InChI is InChI=1S/C20H22N2O7/c1-4-28-20(26)16-11(2)29-19(17(16)18(21)25)22-15(24)10-9-14(23)12-5-7-13(27-3)8-6-12/h5-8H,4,9-10H2,1-3H3,(H2,21,25)(H,22,24). The molecule has 2 rings (SSSR count). The van der Waals surface area contributed by atoms with Gasteiger partial charge in [-0.25, -0.2) is 4.79 Å². The van der Waals surface area contributed by atoms with Gasteiger partial charge in [0.05, 0.1) is 13.7 Å².